The van der Waals surface area contributed by atoms with Crippen molar-refractivity contribution in [1.29, 1.82) is 0 Å². The number of nitro benzene ring substituents is 1. The molecule has 1 N–H and O–H groups in total. The molecule has 30 heavy (non-hydrogen) atoms. The molecule has 10 nitrogen and oxygen atoms in total. The first kappa shape index (κ1) is 20.8. The average Bonchev–Trinajstić information content (AvgIpc) is 3.18. The number of aryl methyl sites for hydroxylation is 1. The fourth-order valence-corrected chi connectivity index (χ4v) is 2.93. The zero-order chi connectivity index (χ0) is 21.8. The van der Waals surface area contributed by atoms with Gasteiger partial charge in [0.05, 0.1) is 19.1 Å². The van der Waals surface area contributed by atoms with E-state index in [9.17, 15) is 14.9 Å². The third-order valence-corrected chi connectivity index (χ3v) is 4.52. The van der Waals surface area contributed by atoms with Crippen molar-refractivity contribution in [2.45, 2.75) is 20.4 Å². The van der Waals surface area contributed by atoms with E-state index in [1.54, 1.807) is 31.2 Å². The summed E-state index contributed by atoms with van der Waals surface area (Å²) in [5.41, 5.74) is 1.70. The standard InChI is InChI=1S/C20H20N4O6/c1-11-17(28-3)8-15(9-18(11)29-4)20(25)21-10-14-6-5-13(7-16(14)24(26)27)19-22-12(2)30-23-19/h5-9H,10H2,1-4H3,(H,21,25). The van der Waals surface area contributed by atoms with Crippen molar-refractivity contribution in [3.05, 3.63) is 63.0 Å². The molecule has 0 unspecified atom stereocenters. The lowest BCUT2D eigenvalue weighted by atomic mass is 10.1. The minimum absolute atomic E-state index is 0.0425. The highest BCUT2D eigenvalue weighted by Crippen LogP contribution is 2.30. The van der Waals surface area contributed by atoms with Crippen LogP contribution in [0.1, 0.15) is 27.4 Å². The van der Waals surface area contributed by atoms with Crippen molar-refractivity contribution < 1.29 is 23.7 Å². The van der Waals surface area contributed by atoms with Gasteiger partial charge < -0.3 is 19.3 Å². The summed E-state index contributed by atoms with van der Waals surface area (Å²) in [6.45, 7) is 3.40. The molecule has 0 radical (unpaired) electrons. The van der Waals surface area contributed by atoms with Gasteiger partial charge in [0.25, 0.3) is 11.6 Å². The lowest BCUT2D eigenvalue weighted by Crippen LogP contribution is -2.23. The average molecular weight is 412 g/mol. The first-order valence-electron chi connectivity index (χ1n) is 8.92. The van der Waals surface area contributed by atoms with Gasteiger partial charge in [0.2, 0.25) is 11.7 Å². The van der Waals surface area contributed by atoms with Crippen LogP contribution in [0, 0.1) is 24.0 Å². The van der Waals surface area contributed by atoms with Crippen LogP contribution in [0.5, 0.6) is 11.5 Å². The summed E-state index contributed by atoms with van der Waals surface area (Å²) < 4.78 is 15.5. The molecule has 3 aromatic rings. The highest BCUT2D eigenvalue weighted by molar-refractivity contribution is 5.95. The van der Waals surface area contributed by atoms with E-state index in [1.165, 1.54) is 20.3 Å². The van der Waals surface area contributed by atoms with Crippen molar-refractivity contribution in [1.82, 2.24) is 15.5 Å². The van der Waals surface area contributed by atoms with Crippen LogP contribution in [0.4, 0.5) is 5.69 Å². The van der Waals surface area contributed by atoms with Crippen molar-refractivity contribution in [3.63, 3.8) is 0 Å². The van der Waals surface area contributed by atoms with Crippen LogP contribution < -0.4 is 14.8 Å². The molecule has 0 saturated carbocycles. The second-order valence-corrected chi connectivity index (χ2v) is 6.43. The van der Waals surface area contributed by atoms with E-state index in [2.05, 4.69) is 15.5 Å². The zero-order valence-corrected chi connectivity index (χ0v) is 16.9. The van der Waals surface area contributed by atoms with Gasteiger partial charge in [-0.05, 0) is 25.1 Å². The predicted octanol–water partition coefficient (Wildman–Crippen LogP) is 3.21. The molecule has 2 aromatic carbocycles. The van der Waals surface area contributed by atoms with Crippen LogP contribution in [-0.2, 0) is 6.54 Å². The molecule has 3 rings (SSSR count). The lowest BCUT2D eigenvalue weighted by molar-refractivity contribution is -0.385. The van der Waals surface area contributed by atoms with Crippen LogP contribution in [-0.4, -0.2) is 35.2 Å². The van der Waals surface area contributed by atoms with E-state index in [1.807, 2.05) is 6.92 Å². The molecule has 1 aromatic heterocycles. The number of methoxy groups -OCH3 is 2. The van der Waals surface area contributed by atoms with Gasteiger partial charge in [-0.1, -0.05) is 11.2 Å². The van der Waals surface area contributed by atoms with E-state index < -0.39 is 10.8 Å². The fourth-order valence-electron chi connectivity index (χ4n) is 2.93. The normalized spacial score (nSPS) is 10.5. The van der Waals surface area contributed by atoms with Gasteiger partial charge in [-0.15, -0.1) is 0 Å². The van der Waals surface area contributed by atoms with Crippen LogP contribution in [0.3, 0.4) is 0 Å². The van der Waals surface area contributed by atoms with Crippen molar-refractivity contribution in [2.75, 3.05) is 14.2 Å². The van der Waals surface area contributed by atoms with Gasteiger partial charge in [0.15, 0.2) is 0 Å². The number of nitro groups is 1. The topological polar surface area (TPSA) is 130 Å². The lowest BCUT2D eigenvalue weighted by Gasteiger charge is -2.13. The molecular weight excluding hydrogens is 392 g/mol. The second-order valence-electron chi connectivity index (χ2n) is 6.43. The summed E-state index contributed by atoms with van der Waals surface area (Å²) in [5.74, 6) is 1.20. The van der Waals surface area contributed by atoms with E-state index in [4.69, 9.17) is 14.0 Å². The number of hydrogen-bond acceptors (Lipinski definition) is 8. The Morgan fingerprint density at radius 3 is 2.37 bits per heavy atom. The van der Waals surface area contributed by atoms with Crippen LogP contribution in [0.25, 0.3) is 11.4 Å². The van der Waals surface area contributed by atoms with E-state index in [0.717, 1.165) is 5.56 Å². The monoisotopic (exact) mass is 412 g/mol. The number of carbonyl (C=O) groups excluding carboxylic acids is 1. The largest absolute Gasteiger partial charge is 0.496 e. The quantitative estimate of drug-likeness (QED) is 0.462. The number of hydrogen-bond donors (Lipinski definition) is 1. The zero-order valence-electron chi connectivity index (χ0n) is 16.9. The van der Waals surface area contributed by atoms with Gasteiger partial charge in [-0.3, -0.25) is 14.9 Å². The predicted molar refractivity (Wildman–Crippen MR) is 107 cm³/mol. The maximum Gasteiger partial charge on any atom is 0.275 e. The number of benzene rings is 2. The van der Waals surface area contributed by atoms with Gasteiger partial charge in [-0.25, -0.2) is 0 Å². The second kappa shape index (κ2) is 8.60. The van der Waals surface area contributed by atoms with E-state index in [0.29, 0.717) is 34.1 Å². The van der Waals surface area contributed by atoms with Gasteiger partial charge in [-0.2, -0.15) is 4.98 Å². The Hall–Kier alpha value is -3.95. The number of rotatable bonds is 7. The third kappa shape index (κ3) is 4.22. The Balaban J connectivity index is 1.83. The summed E-state index contributed by atoms with van der Waals surface area (Å²) in [7, 11) is 3.00. The Morgan fingerprint density at radius 2 is 1.83 bits per heavy atom. The van der Waals surface area contributed by atoms with Crippen LogP contribution >= 0.6 is 0 Å². The number of aromatic nitrogens is 2. The molecule has 0 atom stereocenters. The number of ether oxygens (including phenoxy) is 2. The molecule has 156 valence electrons. The molecule has 0 aliphatic rings. The molecule has 1 amide bonds. The maximum atomic E-state index is 12.6. The fraction of sp³-hybridized carbons (Fsp3) is 0.250. The summed E-state index contributed by atoms with van der Waals surface area (Å²) in [6, 6.07) is 7.71. The molecule has 0 aliphatic heterocycles. The SMILES string of the molecule is COc1cc(C(=O)NCc2ccc(-c3noc(C)n3)cc2[N+](=O)[O-])cc(OC)c1C. The minimum atomic E-state index is -0.518. The van der Waals surface area contributed by atoms with Gasteiger partial charge in [0, 0.05) is 41.8 Å². The molecule has 10 heteroatoms. The Kier molecular flexibility index (Phi) is 5.95. The summed E-state index contributed by atoms with van der Waals surface area (Å²) in [6.07, 6.45) is 0. The molecule has 1 heterocycles. The number of nitrogens with one attached hydrogen (secondary N) is 1. The van der Waals surface area contributed by atoms with Crippen LogP contribution in [0.15, 0.2) is 34.9 Å². The highest BCUT2D eigenvalue weighted by atomic mass is 16.6. The van der Waals surface area contributed by atoms with E-state index >= 15 is 0 Å². The Labute approximate surface area is 172 Å². The smallest absolute Gasteiger partial charge is 0.275 e. The molecule has 0 aliphatic carbocycles. The Bertz CT molecular complexity index is 1080. The minimum Gasteiger partial charge on any atom is -0.496 e. The maximum absolute atomic E-state index is 12.6. The van der Waals surface area contributed by atoms with Crippen molar-refractivity contribution in [2.24, 2.45) is 0 Å². The summed E-state index contributed by atoms with van der Waals surface area (Å²) in [5, 5.41) is 18.0. The van der Waals surface area contributed by atoms with Crippen molar-refractivity contribution in [3.8, 4) is 22.9 Å². The number of nitrogens with zero attached hydrogens (tertiary/aromatic N) is 3. The van der Waals surface area contributed by atoms with Crippen LogP contribution in [0.2, 0.25) is 0 Å². The number of amides is 1. The van der Waals surface area contributed by atoms with Crippen molar-refractivity contribution >= 4 is 11.6 Å². The molecule has 0 saturated heterocycles. The molecular formula is C20H20N4O6. The highest BCUT2D eigenvalue weighted by Gasteiger charge is 2.19. The first-order chi connectivity index (χ1) is 14.3. The first-order valence-corrected chi connectivity index (χ1v) is 8.92. The Morgan fingerprint density at radius 1 is 1.17 bits per heavy atom. The number of carbonyl (C=O) groups is 1. The molecule has 0 spiro atoms. The molecule has 0 fully saturated rings. The van der Waals surface area contributed by atoms with Gasteiger partial charge in [0.1, 0.15) is 11.5 Å². The summed E-state index contributed by atoms with van der Waals surface area (Å²) in [4.78, 5) is 27.7. The van der Waals surface area contributed by atoms with Gasteiger partial charge >= 0.3 is 0 Å². The van der Waals surface area contributed by atoms with E-state index in [-0.39, 0.29) is 18.1 Å². The third-order valence-electron chi connectivity index (χ3n) is 4.52. The molecule has 0 bridgehead atoms. The summed E-state index contributed by atoms with van der Waals surface area (Å²) >= 11 is 0.